The van der Waals surface area contributed by atoms with Crippen LogP contribution in [-0.4, -0.2) is 23.0 Å². The summed E-state index contributed by atoms with van der Waals surface area (Å²) in [5.41, 5.74) is 2.01. The molecule has 0 atom stereocenters. The van der Waals surface area contributed by atoms with Gasteiger partial charge in [-0.25, -0.2) is 9.37 Å². The van der Waals surface area contributed by atoms with Gasteiger partial charge in [-0.05, 0) is 48.0 Å². The first kappa shape index (κ1) is 18.1. The van der Waals surface area contributed by atoms with Crippen molar-refractivity contribution in [1.82, 2.24) is 9.97 Å². The van der Waals surface area contributed by atoms with Gasteiger partial charge in [-0.2, -0.15) is 0 Å². The highest BCUT2D eigenvalue weighted by atomic mass is 32.1. The average molecular weight is 393 g/mol. The third-order valence-corrected chi connectivity index (χ3v) is 5.27. The molecule has 4 aromatic rings. The van der Waals surface area contributed by atoms with Crippen molar-refractivity contribution in [2.75, 3.05) is 12.0 Å². The number of rotatable bonds is 5. The van der Waals surface area contributed by atoms with E-state index >= 15 is 0 Å². The smallest absolute Gasteiger partial charge is 0.260 e. The largest absolute Gasteiger partial charge is 0.497 e. The third-order valence-electron chi connectivity index (χ3n) is 4.21. The van der Waals surface area contributed by atoms with E-state index in [1.165, 1.54) is 35.6 Å². The van der Waals surface area contributed by atoms with Gasteiger partial charge < -0.3 is 4.74 Å². The molecule has 0 saturated heterocycles. The van der Waals surface area contributed by atoms with Gasteiger partial charge in [0.1, 0.15) is 11.6 Å². The number of pyridine rings is 1. The number of carbonyl (C=O) groups is 1. The van der Waals surface area contributed by atoms with E-state index in [9.17, 15) is 9.18 Å². The van der Waals surface area contributed by atoms with Crippen molar-refractivity contribution in [2.45, 2.75) is 6.54 Å². The van der Waals surface area contributed by atoms with Crippen LogP contribution in [0.5, 0.6) is 5.75 Å². The highest BCUT2D eigenvalue weighted by Crippen LogP contribution is 2.32. The van der Waals surface area contributed by atoms with Crippen LogP contribution in [0.25, 0.3) is 10.2 Å². The Balaban J connectivity index is 1.75. The van der Waals surface area contributed by atoms with Crippen molar-refractivity contribution in [3.8, 4) is 5.75 Å². The summed E-state index contributed by atoms with van der Waals surface area (Å²) in [7, 11) is 1.60. The van der Waals surface area contributed by atoms with Crippen LogP contribution in [0.2, 0.25) is 0 Å². The molecule has 4 rings (SSSR count). The minimum absolute atomic E-state index is 0.255. The molecule has 0 fully saturated rings. The van der Waals surface area contributed by atoms with E-state index < -0.39 is 0 Å². The first-order valence-electron chi connectivity index (χ1n) is 8.55. The van der Waals surface area contributed by atoms with E-state index in [2.05, 4.69) is 9.97 Å². The van der Waals surface area contributed by atoms with Crippen molar-refractivity contribution in [1.29, 1.82) is 0 Å². The third kappa shape index (κ3) is 3.70. The SMILES string of the molecule is COc1ccc2sc(N(Cc3cccnc3)C(=O)c3ccc(F)cc3)nc2c1. The predicted molar refractivity (Wildman–Crippen MR) is 107 cm³/mol. The minimum atomic E-state index is -0.387. The predicted octanol–water partition coefficient (Wildman–Crippen LogP) is 4.69. The summed E-state index contributed by atoms with van der Waals surface area (Å²) in [5.74, 6) is 0.0605. The highest BCUT2D eigenvalue weighted by molar-refractivity contribution is 7.22. The lowest BCUT2D eigenvalue weighted by atomic mass is 10.2. The molecule has 0 aliphatic rings. The highest BCUT2D eigenvalue weighted by Gasteiger charge is 2.22. The van der Waals surface area contributed by atoms with Crippen LogP contribution in [0, 0.1) is 5.82 Å². The molecule has 2 aromatic heterocycles. The molecule has 0 unspecified atom stereocenters. The lowest BCUT2D eigenvalue weighted by molar-refractivity contribution is 0.0985. The Bertz CT molecular complexity index is 1110. The molecule has 0 saturated carbocycles. The Kier molecular flexibility index (Phi) is 4.99. The Hall–Kier alpha value is -3.32. The first-order chi connectivity index (χ1) is 13.6. The number of aromatic nitrogens is 2. The summed E-state index contributed by atoms with van der Waals surface area (Å²) in [6.45, 7) is 0.307. The second-order valence-electron chi connectivity index (χ2n) is 6.09. The monoisotopic (exact) mass is 393 g/mol. The van der Waals surface area contributed by atoms with Crippen LogP contribution in [-0.2, 0) is 6.54 Å². The Morgan fingerprint density at radius 1 is 1.18 bits per heavy atom. The van der Waals surface area contributed by atoms with Crippen LogP contribution in [0.4, 0.5) is 9.52 Å². The standard InChI is InChI=1S/C21H16FN3O2S/c1-27-17-8-9-19-18(11-17)24-21(28-19)25(13-14-3-2-10-23-12-14)20(26)15-4-6-16(22)7-5-15/h2-12H,13H2,1H3. The van der Waals surface area contributed by atoms with Gasteiger partial charge in [-0.1, -0.05) is 17.4 Å². The molecule has 1 amide bonds. The topological polar surface area (TPSA) is 55.3 Å². The van der Waals surface area contributed by atoms with E-state index in [4.69, 9.17) is 4.74 Å². The number of thiazole rings is 1. The van der Waals surface area contributed by atoms with E-state index in [-0.39, 0.29) is 11.7 Å². The molecular weight excluding hydrogens is 377 g/mol. The van der Waals surface area contributed by atoms with Crippen molar-refractivity contribution < 1.29 is 13.9 Å². The maximum atomic E-state index is 13.3. The summed E-state index contributed by atoms with van der Waals surface area (Å²) < 4.78 is 19.5. The van der Waals surface area contributed by atoms with Gasteiger partial charge in [0.05, 0.1) is 23.9 Å². The van der Waals surface area contributed by atoms with Crippen molar-refractivity contribution in [2.24, 2.45) is 0 Å². The van der Waals surface area contributed by atoms with Gasteiger partial charge >= 0.3 is 0 Å². The number of halogens is 1. The zero-order chi connectivity index (χ0) is 19.5. The first-order valence-corrected chi connectivity index (χ1v) is 9.36. The zero-order valence-corrected chi connectivity index (χ0v) is 15.8. The molecule has 2 heterocycles. The Labute approximate surface area is 165 Å². The summed E-state index contributed by atoms with van der Waals surface area (Å²) in [4.78, 5) is 23.5. The van der Waals surface area contributed by atoms with E-state index in [1.807, 2.05) is 30.3 Å². The minimum Gasteiger partial charge on any atom is -0.497 e. The van der Waals surface area contributed by atoms with Crippen LogP contribution < -0.4 is 9.64 Å². The number of anilines is 1. The van der Waals surface area contributed by atoms with Crippen molar-refractivity contribution in [3.05, 3.63) is 83.9 Å². The number of benzene rings is 2. The van der Waals surface area contributed by atoms with Gasteiger partial charge in [0.2, 0.25) is 0 Å². The lowest BCUT2D eigenvalue weighted by Gasteiger charge is -2.20. The lowest BCUT2D eigenvalue weighted by Crippen LogP contribution is -2.30. The maximum absolute atomic E-state index is 13.3. The van der Waals surface area contributed by atoms with E-state index in [0.717, 1.165) is 15.8 Å². The molecule has 28 heavy (non-hydrogen) atoms. The molecule has 7 heteroatoms. The van der Waals surface area contributed by atoms with Crippen LogP contribution in [0.15, 0.2) is 67.0 Å². The number of nitrogens with zero attached hydrogens (tertiary/aromatic N) is 3. The molecule has 0 aliphatic heterocycles. The summed E-state index contributed by atoms with van der Waals surface area (Å²) >= 11 is 1.41. The number of ether oxygens (including phenoxy) is 1. The number of hydrogen-bond donors (Lipinski definition) is 0. The van der Waals surface area contributed by atoms with Gasteiger partial charge in [0, 0.05) is 24.0 Å². The van der Waals surface area contributed by atoms with Gasteiger partial charge in [0.25, 0.3) is 5.91 Å². The molecular formula is C21H16FN3O2S. The summed E-state index contributed by atoms with van der Waals surface area (Å²) in [6, 6.07) is 14.8. The second-order valence-corrected chi connectivity index (χ2v) is 7.10. The molecule has 0 N–H and O–H groups in total. The Morgan fingerprint density at radius 2 is 2.00 bits per heavy atom. The average Bonchev–Trinajstić information content (AvgIpc) is 3.15. The molecule has 2 aromatic carbocycles. The van der Waals surface area contributed by atoms with E-state index in [1.54, 1.807) is 24.4 Å². The van der Waals surface area contributed by atoms with Crippen LogP contribution >= 0.6 is 11.3 Å². The number of fused-ring (bicyclic) bond motifs is 1. The fourth-order valence-electron chi connectivity index (χ4n) is 2.79. The Morgan fingerprint density at radius 3 is 2.71 bits per heavy atom. The summed E-state index contributed by atoms with van der Waals surface area (Å²) in [5, 5.41) is 0.557. The van der Waals surface area contributed by atoms with Gasteiger partial charge in [0.15, 0.2) is 5.13 Å². The van der Waals surface area contributed by atoms with Crippen molar-refractivity contribution >= 4 is 32.6 Å². The molecule has 0 spiro atoms. The normalized spacial score (nSPS) is 10.8. The molecule has 0 radical (unpaired) electrons. The quantitative estimate of drug-likeness (QED) is 0.494. The number of amides is 1. The van der Waals surface area contributed by atoms with Gasteiger partial charge in [-0.3, -0.25) is 14.7 Å². The fraction of sp³-hybridized carbons (Fsp3) is 0.0952. The van der Waals surface area contributed by atoms with Crippen molar-refractivity contribution in [3.63, 3.8) is 0 Å². The second kappa shape index (κ2) is 7.74. The number of hydrogen-bond acceptors (Lipinski definition) is 5. The zero-order valence-electron chi connectivity index (χ0n) is 15.0. The molecule has 0 aliphatic carbocycles. The van der Waals surface area contributed by atoms with E-state index in [0.29, 0.717) is 23.0 Å². The molecule has 140 valence electrons. The van der Waals surface area contributed by atoms with Gasteiger partial charge in [-0.15, -0.1) is 0 Å². The fourth-order valence-corrected chi connectivity index (χ4v) is 3.73. The maximum Gasteiger partial charge on any atom is 0.260 e. The molecule has 5 nitrogen and oxygen atoms in total. The number of methoxy groups -OCH3 is 1. The number of carbonyl (C=O) groups excluding carboxylic acids is 1. The summed E-state index contributed by atoms with van der Waals surface area (Å²) in [6.07, 6.45) is 3.39. The molecule has 0 bridgehead atoms. The van der Waals surface area contributed by atoms with Crippen LogP contribution in [0.1, 0.15) is 15.9 Å². The van der Waals surface area contributed by atoms with Crippen LogP contribution in [0.3, 0.4) is 0 Å².